The highest BCUT2D eigenvalue weighted by Gasteiger charge is 2.44. The van der Waals surface area contributed by atoms with Crippen LogP contribution in [0.5, 0.6) is 0 Å². The van der Waals surface area contributed by atoms with Gasteiger partial charge in [0.05, 0.1) is 0 Å². The number of nitrogens with zero attached hydrogens (tertiary/aromatic N) is 3. The second-order valence-corrected chi connectivity index (χ2v) is 6.86. The van der Waals surface area contributed by atoms with Crippen LogP contribution >= 0.6 is 0 Å². The summed E-state index contributed by atoms with van der Waals surface area (Å²) >= 11 is 0. The summed E-state index contributed by atoms with van der Waals surface area (Å²) in [6.07, 6.45) is 7.30. The largest absolute Gasteiger partial charge is 0.309 e. The van der Waals surface area contributed by atoms with Gasteiger partial charge in [0.15, 0.2) is 5.82 Å². The molecule has 2 heterocycles. The van der Waals surface area contributed by atoms with Gasteiger partial charge in [0.2, 0.25) is 5.91 Å². The maximum Gasteiger partial charge on any atom is 0.229 e. The molecule has 0 saturated heterocycles. The number of aryl methyl sites for hydroxylation is 3. The fourth-order valence-electron chi connectivity index (χ4n) is 3.40. The van der Waals surface area contributed by atoms with Crippen LogP contribution in [0.1, 0.15) is 29.0 Å². The molecule has 2 atom stereocenters. The smallest absolute Gasteiger partial charge is 0.229 e. The van der Waals surface area contributed by atoms with Crippen LogP contribution in [0.25, 0.3) is 0 Å². The molecule has 1 aliphatic rings. The van der Waals surface area contributed by atoms with Crippen molar-refractivity contribution in [3.05, 3.63) is 77.7 Å². The first kappa shape index (κ1) is 16.5. The molecule has 1 aliphatic carbocycles. The van der Waals surface area contributed by atoms with Crippen molar-refractivity contribution in [2.45, 2.75) is 32.2 Å². The molecule has 0 aliphatic heterocycles. The van der Waals surface area contributed by atoms with Crippen molar-refractivity contribution in [1.29, 1.82) is 0 Å². The Morgan fingerprint density at radius 1 is 1.19 bits per heavy atom. The lowest BCUT2D eigenvalue weighted by molar-refractivity contribution is -0.117. The van der Waals surface area contributed by atoms with Gasteiger partial charge in [-0.15, -0.1) is 0 Å². The lowest BCUT2D eigenvalue weighted by Gasteiger charge is -2.05. The molecule has 1 amide bonds. The summed E-state index contributed by atoms with van der Waals surface area (Å²) < 4.78 is 1.86. The summed E-state index contributed by atoms with van der Waals surface area (Å²) in [5, 5.41) is 7.42. The molecular formula is C21H22N4O. The van der Waals surface area contributed by atoms with E-state index in [1.54, 1.807) is 12.4 Å². The fraction of sp³-hybridized carbons (Fsp3) is 0.286. The molecule has 2 aromatic heterocycles. The Morgan fingerprint density at radius 2 is 2.00 bits per heavy atom. The van der Waals surface area contributed by atoms with Gasteiger partial charge in [0.1, 0.15) is 0 Å². The fourth-order valence-corrected chi connectivity index (χ4v) is 3.40. The summed E-state index contributed by atoms with van der Waals surface area (Å²) in [6, 6.07) is 14.2. The summed E-state index contributed by atoms with van der Waals surface area (Å²) in [4.78, 5) is 16.5. The van der Waals surface area contributed by atoms with Gasteiger partial charge in [-0.05, 0) is 54.5 Å². The maximum absolute atomic E-state index is 12.5. The molecule has 1 saturated carbocycles. The topological polar surface area (TPSA) is 59.8 Å². The first-order chi connectivity index (χ1) is 12.7. The molecule has 1 N–H and O–H groups in total. The molecule has 0 bridgehead atoms. The van der Waals surface area contributed by atoms with Crippen LogP contribution in [0.4, 0.5) is 5.82 Å². The average Bonchev–Trinajstić information content (AvgIpc) is 3.34. The highest BCUT2D eigenvalue weighted by molar-refractivity contribution is 5.94. The zero-order chi connectivity index (χ0) is 17.9. The standard InChI is InChI=1S/C21H22N4O/c1-15-4-2-3-5-17(15)18-14-19(18)21(26)23-20-9-13-25(24-20)12-8-16-6-10-22-11-7-16/h2-7,9-11,13,18-19H,8,12,14H2,1H3,(H,23,24,26)/t18-,19+/m0/s1. The van der Waals surface area contributed by atoms with E-state index in [2.05, 4.69) is 34.5 Å². The van der Waals surface area contributed by atoms with Gasteiger partial charge in [-0.25, -0.2) is 0 Å². The lowest BCUT2D eigenvalue weighted by atomic mass is 10.0. The number of amides is 1. The van der Waals surface area contributed by atoms with Crippen LogP contribution in [0.3, 0.4) is 0 Å². The average molecular weight is 346 g/mol. The minimum Gasteiger partial charge on any atom is -0.309 e. The summed E-state index contributed by atoms with van der Waals surface area (Å²) in [5.74, 6) is 1.08. The van der Waals surface area contributed by atoms with Gasteiger partial charge in [0, 0.05) is 37.1 Å². The van der Waals surface area contributed by atoms with Crippen molar-refractivity contribution in [1.82, 2.24) is 14.8 Å². The van der Waals surface area contributed by atoms with Gasteiger partial charge in [-0.1, -0.05) is 24.3 Å². The van der Waals surface area contributed by atoms with E-state index in [1.807, 2.05) is 41.2 Å². The van der Waals surface area contributed by atoms with Gasteiger partial charge < -0.3 is 5.32 Å². The van der Waals surface area contributed by atoms with E-state index < -0.39 is 0 Å². The molecular weight excluding hydrogens is 324 g/mol. The van der Waals surface area contributed by atoms with Crippen molar-refractivity contribution < 1.29 is 4.79 Å². The first-order valence-electron chi connectivity index (χ1n) is 8.99. The van der Waals surface area contributed by atoms with E-state index in [0.717, 1.165) is 19.4 Å². The molecule has 26 heavy (non-hydrogen) atoms. The maximum atomic E-state index is 12.5. The van der Waals surface area contributed by atoms with Crippen LogP contribution in [-0.2, 0) is 17.8 Å². The molecule has 4 rings (SSSR count). The zero-order valence-corrected chi connectivity index (χ0v) is 14.8. The number of pyridine rings is 1. The SMILES string of the molecule is Cc1ccccc1[C@@H]1C[C@H]1C(=O)Nc1ccn(CCc2ccncc2)n1. The summed E-state index contributed by atoms with van der Waals surface area (Å²) in [5.41, 5.74) is 3.77. The van der Waals surface area contributed by atoms with Crippen LogP contribution < -0.4 is 5.32 Å². The van der Waals surface area contributed by atoms with Crippen LogP contribution in [0.15, 0.2) is 61.1 Å². The van der Waals surface area contributed by atoms with Crippen molar-refractivity contribution in [3.63, 3.8) is 0 Å². The molecule has 0 unspecified atom stereocenters. The number of hydrogen-bond acceptors (Lipinski definition) is 3. The van der Waals surface area contributed by atoms with Crippen LogP contribution in [-0.4, -0.2) is 20.7 Å². The number of benzene rings is 1. The van der Waals surface area contributed by atoms with Crippen molar-refractivity contribution in [2.75, 3.05) is 5.32 Å². The number of hydrogen-bond donors (Lipinski definition) is 1. The third kappa shape index (κ3) is 3.67. The number of rotatable bonds is 6. The minimum absolute atomic E-state index is 0.0538. The highest BCUT2D eigenvalue weighted by atomic mass is 16.2. The van der Waals surface area contributed by atoms with E-state index in [-0.39, 0.29) is 11.8 Å². The highest BCUT2D eigenvalue weighted by Crippen LogP contribution is 2.48. The number of aromatic nitrogens is 3. The van der Waals surface area contributed by atoms with Gasteiger partial charge in [-0.2, -0.15) is 5.10 Å². The normalized spacial score (nSPS) is 18.5. The van der Waals surface area contributed by atoms with E-state index in [1.165, 1.54) is 16.7 Å². The second kappa shape index (κ2) is 7.12. The van der Waals surface area contributed by atoms with Crippen molar-refractivity contribution >= 4 is 11.7 Å². The first-order valence-corrected chi connectivity index (χ1v) is 8.99. The number of carbonyl (C=O) groups is 1. The van der Waals surface area contributed by atoms with E-state index in [4.69, 9.17) is 0 Å². The third-order valence-corrected chi connectivity index (χ3v) is 4.99. The van der Waals surface area contributed by atoms with Gasteiger partial charge >= 0.3 is 0 Å². The Bertz CT molecular complexity index is 903. The van der Waals surface area contributed by atoms with Crippen LogP contribution in [0.2, 0.25) is 0 Å². The monoisotopic (exact) mass is 346 g/mol. The number of carbonyl (C=O) groups excluding carboxylic acids is 1. The minimum atomic E-state index is 0.0538. The molecule has 0 spiro atoms. The van der Waals surface area contributed by atoms with Crippen molar-refractivity contribution in [3.8, 4) is 0 Å². The quantitative estimate of drug-likeness (QED) is 0.742. The molecule has 5 heteroatoms. The third-order valence-electron chi connectivity index (χ3n) is 4.99. The Morgan fingerprint density at radius 3 is 2.81 bits per heavy atom. The number of anilines is 1. The Balaban J connectivity index is 1.32. The lowest BCUT2D eigenvalue weighted by Crippen LogP contribution is -2.15. The van der Waals surface area contributed by atoms with E-state index in [9.17, 15) is 4.79 Å². The number of nitrogens with one attached hydrogen (secondary N) is 1. The Kier molecular flexibility index (Phi) is 4.52. The molecule has 3 aromatic rings. The molecule has 0 radical (unpaired) electrons. The molecule has 1 fully saturated rings. The molecule has 1 aromatic carbocycles. The molecule has 5 nitrogen and oxygen atoms in total. The predicted octanol–water partition coefficient (Wildman–Crippen LogP) is 3.57. The Labute approximate surface area is 153 Å². The van der Waals surface area contributed by atoms with Crippen LogP contribution in [0, 0.1) is 12.8 Å². The van der Waals surface area contributed by atoms with Gasteiger partial charge in [0.25, 0.3) is 0 Å². The Hall–Kier alpha value is -2.95. The van der Waals surface area contributed by atoms with E-state index >= 15 is 0 Å². The van der Waals surface area contributed by atoms with Gasteiger partial charge in [-0.3, -0.25) is 14.5 Å². The summed E-state index contributed by atoms with van der Waals surface area (Å²) in [6.45, 7) is 2.88. The zero-order valence-electron chi connectivity index (χ0n) is 14.8. The van der Waals surface area contributed by atoms with E-state index in [0.29, 0.717) is 11.7 Å². The molecule has 132 valence electrons. The summed E-state index contributed by atoms with van der Waals surface area (Å²) in [7, 11) is 0. The second-order valence-electron chi connectivity index (χ2n) is 6.86. The predicted molar refractivity (Wildman–Crippen MR) is 101 cm³/mol. The van der Waals surface area contributed by atoms with Crippen molar-refractivity contribution in [2.24, 2.45) is 5.92 Å².